The van der Waals surface area contributed by atoms with Gasteiger partial charge in [0.2, 0.25) is 5.91 Å². The number of rotatable bonds is 3. The van der Waals surface area contributed by atoms with Gasteiger partial charge in [0.05, 0.1) is 6.04 Å². The number of hydrogen-bond donors (Lipinski definition) is 1. The Morgan fingerprint density at radius 3 is 2.83 bits per heavy atom. The molecule has 2 aliphatic heterocycles. The molecule has 6 nitrogen and oxygen atoms in total. The zero-order valence-corrected chi connectivity index (χ0v) is 14.3. The second-order valence-electron chi connectivity index (χ2n) is 6.50. The average molecular weight is 330 g/mol. The molecular weight excluding hydrogens is 304 g/mol. The summed E-state index contributed by atoms with van der Waals surface area (Å²) < 4.78 is 0. The normalized spacial score (nSPS) is 22.8. The SMILES string of the molecule is CCc1cccnc1C(=O)N1CCN(C2CCCCNC2=O)CC1. The van der Waals surface area contributed by atoms with Crippen LogP contribution < -0.4 is 5.32 Å². The van der Waals surface area contributed by atoms with Crippen molar-refractivity contribution in [1.29, 1.82) is 0 Å². The van der Waals surface area contributed by atoms with E-state index in [0.717, 1.165) is 50.9 Å². The Morgan fingerprint density at radius 2 is 2.08 bits per heavy atom. The van der Waals surface area contributed by atoms with E-state index in [0.29, 0.717) is 18.8 Å². The van der Waals surface area contributed by atoms with Crippen LogP contribution >= 0.6 is 0 Å². The number of nitrogens with zero attached hydrogens (tertiary/aromatic N) is 3. The van der Waals surface area contributed by atoms with Gasteiger partial charge in [0.15, 0.2) is 0 Å². The van der Waals surface area contributed by atoms with Crippen molar-refractivity contribution in [3.63, 3.8) is 0 Å². The fourth-order valence-corrected chi connectivity index (χ4v) is 3.57. The highest BCUT2D eigenvalue weighted by Crippen LogP contribution is 2.17. The van der Waals surface area contributed by atoms with Gasteiger partial charge in [-0.05, 0) is 37.3 Å². The van der Waals surface area contributed by atoms with E-state index in [4.69, 9.17) is 0 Å². The number of aromatic nitrogens is 1. The molecule has 2 saturated heterocycles. The van der Waals surface area contributed by atoms with E-state index in [1.807, 2.05) is 24.0 Å². The van der Waals surface area contributed by atoms with Gasteiger partial charge in [-0.2, -0.15) is 0 Å². The minimum Gasteiger partial charge on any atom is -0.355 e. The van der Waals surface area contributed by atoms with E-state index >= 15 is 0 Å². The van der Waals surface area contributed by atoms with E-state index < -0.39 is 0 Å². The minimum absolute atomic E-state index is 0.0115. The third-order valence-electron chi connectivity index (χ3n) is 5.02. The first-order valence-corrected chi connectivity index (χ1v) is 8.95. The van der Waals surface area contributed by atoms with Crippen molar-refractivity contribution in [2.75, 3.05) is 32.7 Å². The van der Waals surface area contributed by atoms with Gasteiger partial charge in [0.1, 0.15) is 5.69 Å². The number of hydrogen-bond acceptors (Lipinski definition) is 4. The van der Waals surface area contributed by atoms with Crippen molar-refractivity contribution in [3.8, 4) is 0 Å². The monoisotopic (exact) mass is 330 g/mol. The van der Waals surface area contributed by atoms with Crippen LogP contribution in [0.2, 0.25) is 0 Å². The molecule has 2 fully saturated rings. The lowest BCUT2D eigenvalue weighted by molar-refractivity contribution is -0.126. The Kier molecular flexibility index (Phi) is 5.45. The number of aryl methyl sites for hydroxylation is 1. The number of nitrogens with one attached hydrogen (secondary N) is 1. The molecule has 2 amide bonds. The van der Waals surface area contributed by atoms with E-state index in [1.54, 1.807) is 6.20 Å². The Bertz CT molecular complexity index is 596. The molecule has 0 bridgehead atoms. The van der Waals surface area contributed by atoms with Gasteiger partial charge in [-0.25, -0.2) is 0 Å². The first kappa shape index (κ1) is 16.9. The molecule has 0 saturated carbocycles. The number of piperazine rings is 1. The summed E-state index contributed by atoms with van der Waals surface area (Å²) in [5.74, 6) is 0.155. The lowest BCUT2D eigenvalue weighted by Crippen LogP contribution is -2.55. The van der Waals surface area contributed by atoms with Crippen LogP contribution in [0.5, 0.6) is 0 Å². The van der Waals surface area contributed by atoms with Crippen LogP contribution in [0.1, 0.15) is 42.2 Å². The zero-order chi connectivity index (χ0) is 16.9. The summed E-state index contributed by atoms with van der Waals surface area (Å²) in [5.41, 5.74) is 1.56. The quantitative estimate of drug-likeness (QED) is 0.900. The molecule has 130 valence electrons. The molecule has 24 heavy (non-hydrogen) atoms. The molecule has 1 atom stereocenters. The fourth-order valence-electron chi connectivity index (χ4n) is 3.57. The molecule has 0 radical (unpaired) electrons. The first-order valence-electron chi connectivity index (χ1n) is 8.95. The molecule has 1 aromatic heterocycles. The van der Waals surface area contributed by atoms with Gasteiger partial charge >= 0.3 is 0 Å². The van der Waals surface area contributed by atoms with Crippen LogP contribution in [0, 0.1) is 0 Å². The van der Waals surface area contributed by atoms with E-state index in [1.165, 1.54) is 0 Å². The average Bonchev–Trinajstić information content (AvgIpc) is 2.85. The van der Waals surface area contributed by atoms with Gasteiger partial charge in [-0.15, -0.1) is 0 Å². The zero-order valence-electron chi connectivity index (χ0n) is 14.3. The standard InChI is InChI=1S/C18H26N4O2/c1-2-14-6-5-9-19-16(14)18(24)22-12-10-21(11-13-22)15-7-3-4-8-20-17(15)23/h5-6,9,15H,2-4,7-8,10-13H2,1H3,(H,20,23). The van der Waals surface area contributed by atoms with Crippen LogP contribution in [-0.4, -0.2) is 65.4 Å². The first-order chi connectivity index (χ1) is 11.7. The van der Waals surface area contributed by atoms with Gasteiger partial charge < -0.3 is 10.2 Å². The van der Waals surface area contributed by atoms with Crippen molar-refractivity contribution in [2.45, 2.75) is 38.6 Å². The maximum absolute atomic E-state index is 12.7. The van der Waals surface area contributed by atoms with Crippen LogP contribution in [0.25, 0.3) is 0 Å². The molecule has 1 N–H and O–H groups in total. The number of carbonyl (C=O) groups is 2. The van der Waals surface area contributed by atoms with E-state index in [-0.39, 0.29) is 17.9 Å². The van der Waals surface area contributed by atoms with E-state index in [2.05, 4.69) is 15.2 Å². The van der Waals surface area contributed by atoms with Gasteiger partial charge in [0.25, 0.3) is 5.91 Å². The Labute approximate surface area is 143 Å². The summed E-state index contributed by atoms with van der Waals surface area (Å²) in [6.45, 7) is 5.63. The molecular formula is C18H26N4O2. The highest BCUT2D eigenvalue weighted by molar-refractivity contribution is 5.93. The number of amides is 2. The van der Waals surface area contributed by atoms with Crippen LogP contribution in [0.15, 0.2) is 18.3 Å². The Morgan fingerprint density at radius 1 is 1.29 bits per heavy atom. The maximum atomic E-state index is 12.7. The number of carbonyl (C=O) groups excluding carboxylic acids is 2. The molecule has 0 spiro atoms. The third-order valence-corrected chi connectivity index (χ3v) is 5.02. The van der Waals surface area contributed by atoms with Crippen LogP contribution in [0.4, 0.5) is 0 Å². The second kappa shape index (κ2) is 7.75. The summed E-state index contributed by atoms with van der Waals surface area (Å²) >= 11 is 0. The topological polar surface area (TPSA) is 65.5 Å². The molecule has 0 aliphatic carbocycles. The summed E-state index contributed by atoms with van der Waals surface area (Å²) in [6.07, 6.45) is 5.53. The highest BCUT2D eigenvalue weighted by atomic mass is 16.2. The van der Waals surface area contributed by atoms with Crippen molar-refractivity contribution in [2.24, 2.45) is 0 Å². The lowest BCUT2D eigenvalue weighted by atomic mass is 10.1. The lowest BCUT2D eigenvalue weighted by Gasteiger charge is -2.38. The summed E-state index contributed by atoms with van der Waals surface area (Å²) in [5, 5.41) is 3.00. The van der Waals surface area contributed by atoms with Gasteiger partial charge in [-0.1, -0.05) is 13.0 Å². The molecule has 0 aromatic carbocycles. The summed E-state index contributed by atoms with van der Waals surface area (Å²) in [7, 11) is 0. The van der Waals surface area contributed by atoms with E-state index in [9.17, 15) is 9.59 Å². The Hall–Kier alpha value is -1.95. The molecule has 3 rings (SSSR count). The Balaban J connectivity index is 1.62. The van der Waals surface area contributed by atoms with Gasteiger partial charge in [-0.3, -0.25) is 19.5 Å². The minimum atomic E-state index is -0.0363. The summed E-state index contributed by atoms with van der Waals surface area (Å²) in [4.78, 5) is 33.3. The van der Waals surface area contributed by atoms with Crippen molar-refractivity contribution < 1.29 is 9.59 Å². The number of pyridine rings is 1. The molecule has 6 heteroatoms. The predicted octanol–water partition coefficient (Wildman–Crippen LogP) is 1.07. The molecule has 1 aromatic rings. The largest absolute Gasteiger partial charge is 0.355 e. The smallest absolute Gasteiger partial charge is 0.272 e. The second-order valence-corrected chi connectivity index (χ2v) is 6.50. The highest BCUT2D eigenvalue weighted by Gasteiger charge is 2.31. The molecule has 3 heterocycles. The molecule has 1 unspecified atom stereocenters. The van der Waals surface area contributed by atoms with Crippen molar-refractivity contribution >= 4 is 11.8 Å². The van der Waals surface area contributed by atoms with Crippen LogP contribution in [0.3, 0.4) is 0 Å². The van der Waals surface area contributed by atoms with Crippen molar-refractivity contribution in [3.05, 3.63) is 29.6 Å². The maximum Gasteiger partial charge on any atom is 0.272 e. The molecule has 2 aliphatic rings. The fraction of sp³-hybridized carbons (Fsp3) is 0.611. The van der Waals surface area contributed by atoms with Crippen molar-refractivity contribution in [1.82, 2.24) is 20.1 Å². The van der Waals surface area contributed by atoms with Gasteiger partial charge in [0, 0.05) is 38.9 Å². The third kappa shape index (κ3) is 3.59. The summed E-state index contributed by atoms with van der Waals surface area (Å²) in [6, 6.07) is 3.80. The van der Waals surface area contributed by atoms with Crippen LogP contribution in [-0.2, 0) is 11.2 Å². The predicted molar refractivity (Wildman–Crippen MR) is 91.7 cm³/mol.